The van der Waals surface area contributed by atoms with Crippen molar-refractivity contribution in [3.8, 4) is 0 Å². The highest BCUT2D eigenvalue weighted by molar-refractivity contribution is 5.79. The number of allylic oxidation sites excluding steroid dienone is 3. The van der Waals surface area contributed by atoms with Crippen LogP contribution in [-0.2, 0) is 9.53 Å². The van der Waals surface area contributed by atoms with Crippen molar-refractivity contribution in [2.75, 3.05) is 26.3 Å². The van der Waals surface area contributed by atoms with Crippen LogP contribution in [0.4, 0.5) is 8.78 Å². The lowest BCUT2D eigenvalue weighted by Crippen LogP contribution is -2.35. The average Bonchev–Trinajstić information content (AvgIpc) is 2.35. The predicted octanol–water partition coefficient (Wildman–Crippen LogP) is 1.78. The molecule has 0 radical (unpaired) electrons. The molecule has 94 valence electrons. The molecule has 0 aromatic heterocycles. The van der Waals surface area contributed by atoms with Crippen LogP contribution in [0.1, 0.15) is 0 Å². The summed E-state index contributed by atoms with van der Waals surface area (Å²) < 4.78 is 30.5. The van der Waals surface area contributed by atoms with Crippen LogP contribution < -0.4 is 0 Å². The van der Waals surface area contributed by atoms with E-state index < -0.39 is 6.43 Å². The van der Waals surface area contributed by atoms with Gasteiger partial charge in [-0.1, -0.05) is 13.2 Å². The van der Waals surface area contributed by atoms with Crippen molar-refractivity contribution in [3.05, 3.63) is 36.1 Å². The Kier molecular flexibility index (Phi) is 5.03. The molecule has 0 bridgehead atoms. The summed E-state index contributed by atoms with van der Waals surface area (Å²) in [5.41, 5.74) is -0.141. The Morgan fingerprint density at radius 1 is 1.29 bits per heavy atom. The van der Waals surface area contributed by atoms with Gasteiger partial charge in [0.15, 0.2) is 0 Å². The van der Waals surface area contributed by atoms with Crippen molar-refractivity contribution in [2.45, 2.75) is 6.43 Å². The third-order valence-corrected chi connectivity index (χ3v) is 2.49. The van der Waals surface area contributed by atoms with Gasteiger partial charge in [-0.25, -0.2) is 8.78 Å². The minimum absolute atomic E-state index is 0.214. The third-order valence-electron chi connectivity index (χ3n) is 2.49. The molecule has 0 unspecified atom stereocenters. The second-order valence-electron chi connectivity index (χ2n) is 3.63. The molecule has 0 spiro atoms. The second-order valence-corrected chi connectivity index (χ2v) is 3.63. The number of hydrogen-bond donors (Lipinski definition) is 0. The number of carbonyl (C=O) groups excluding carboxylic acids is 1. The molecule has 0 aromatic carbocycles. The fourth-order valence-electron chi connectivity index (χ4n) is 1.49. The first-order valence-corrected chi connectivity index (χ1v) is 5.22. The topological polar surface area (TPSA) is 29.5 Å². The van der Waals surface area contributed by atoms with Gasteiger partial charge in [0.1, 0.15) is 6.29 Å². The Bertz CT molecular complexity index is 344. The van der Waals surface area contributed by atoms with Gasteiger partial charge in [-0.3, -0.25) is 4.79 Å². The number of aldehydes is 1. The van der Waals surface area contributed by atoms with E-state index in [0.29, 0.717) is 38.3 Å². The Morgan fingerprint density at radius 2 is 1.88 bits per heavy atom. The van der Waals surface area contributed by atoms with Crippen LogP contribution in [0.15, 0.2) is 36.1 Å². The number of rotatable bonds is 5. The number of nitrogens with zero attached hydrogens (tertiary/aromatic N) is 1. The first-order valence-electron chi connectivity index (χ1n) is 5.22. The molecule has 1 saturated heterocycles. The van der Waals surface area contributed by atoms with Gasteiger partial charge in [-0.2, -0.15) is 0 Å². The van der Waals surface area contributed by atoms with E-state index in [9.17, 15) is 13.6 Å². The van der Waals surface area contributed by atoms with Gasteiger partial charge in [0.25, 0.3) is 6.43 Å². The van der Waals surface area contributed by atoms with Crippen LogP contribution in [0.5, 0.6) is 0 Å². The number of halogens is 2. The molecule has 3 nitrogen and oxygen atoms in total. The molecule has 0 amide bonds. The first-order chi connectivity index (χ1) is 8.06. The normalized spacial score (nSPS) is 17.1. The maximum Gasteiger partial charge on any atom is 0.264 e. The number of ether oxygens (including phenoxy) is 1. The minimum atomic E-state index is -2.73. The molecule has 1 fully saturated rings. The maximum absolute atomic E-state index is 12.7. The molecular formula is C12H15F2NO2. The van der Waals surface area contributed by atoms with E-state index in [2.05, 4.69) is 13.2 Å². The molecule has 0 N–H and O–H groups in total. The third kappa shape index (κ3) is 3.78. The van der Waals surface area contributed by atoms with Crippen molar-refractivity contribution in [3.63, 3.8) is 0 Å². The van der Waals surface area contributed by atoms with E-state index in [0.717, 1.165) is 0 Å². The Balaban J connectivity index is 2.78. The van der Waals surface area contributed by atoms with Gasteiger partial charge < -0.3 is 9.64 Å². The van der Waals surface area contributed by atoms with Crippen LogP contribution in [-0.4, -0.2) is 43.9 Å². The summed E-state index contributed by atoms with van der Waals surface area (Å²) in [6, 6.07) is 0. The van der Waals surface area contributed by atoms with Crippen molar-refractivity contribution in [2.24, 2.45) is 0 Å². The van der Waals surface area contributed by atoms with Gasteiger partial charge in [-0.15, -0.1) is 0 Å². The summed E-state index contributed by atoms with van der Waals surface area (Å²) in [5, 5.41) is 0. The maximum atomic E-state index is 12.7. The summed E-state index contributed by atoms with van der Waals surface area (Å²) in [5.74, 6) is 0. The number of hydrogen-bond acceptors (Lipinski definition) is 3. The summed E-state index contributed by atoms with van der Waals surface area (Å²) in [4.78, 5) is 12.3. The molecular weight excluding hydrogens is 228 g/mol. The lowest BCUT2D eigenvalue weighted by atomic mass is 10.1. The quantitative estimate of drug-likeness (QED) is 0.419. The Morgan fingerprint density at radius 3 is 2.35 bits per heavy atom. The van der Waals surface area contributed by atoms with Gasteiger partial charge in [0.2, 0.25) is 0 Å². The average molecular weight is 243 g/mol. The fourth-order valence-corrected chi connectivity index (χ4v) is 1.49. The number of alkyl halides is 2. The molecule has 1 rings (SSSR count). The summed E-state index contributed by atoms with van der Waals surface area (Å²) >= 11 is 0. The van der Waals surface area contributed by atoms with Crippen LogP contribution >= 0.6 is 0 Å². The van der Waals surface area contributed by atoms with Crippen molar-refractivity contribution >= 4 is 6.29 Å². The van der Waals surface area contributed by atoms with E-state index in [1.54, 1.807) is 0 Å². The van der Waals surface area contributed by atoms with E-state index in [-0.39, 0.29) is 11.1 Å². The van der Waals surface area contributed by atoms with E-state index >= 15 is 0 Å². The number of carbonyl (C=O) groups is 1. The van der Waals surface area contributed by atoms with Crippen LogP contribution in [0.3, 0.4) is 0 Å². The van der Waals surface area contributed by atoms with Crippen molar-refractivity contribution in [1.29, 1.82) is 0 Å². The van der Waals surface area contributed by atoms with Crippen molar-refractivity contribution in [1.82, 2.24) is 4.90 Å². The number of morpholine rings is 1. The molecule has 1 heterocycles. The molecule has 17 heavy (non-hydrogen) atoms. The van der Waals surface area contributed by atoms with Gasteiger partial charge >= 0.3 is 0 Å². The standard InChI is InChI=1S/C12H15F2NO2/c1-9(8-16)11(12(13)14)7-10(2)15-3-5-17-6-4-15/h7-8,12H,1-6H2/b11-7+. The second kappa shape index (κ2) is 6.30. The molecule has 1 aliphatic rings. The Labute approximate surface area is 99.0 Å². The zero-order valence-corrected chi connectivity index (χ0v) is 9.49. The van der Waals surface area contributed by atoms with Gasteiger partial charge in [-0.05, 0) is 6.08 Å². The highest BCUT2D eigenvalue weighted by atomic mass is 19.3. The summed E-state index contributed by atoms with van der Waals surface area (Å²) in [7, 11) is 0. The van der Waals surface area contributed by atoms with Gasteiger partial charge in [0.05, 0.1) is 13.2 Å². The smallest absolute Gasteiger partial charge is 0.264 e. The largest absolute Gasteiger partial charge is 0.378 e. The lowest BCUT2D eigenvalue weighted by molar-refractivity contribution is -0.104. The molecule has 1 aliphatic heterocycles. The van der Waals surface area contributed by atoms with Gasteiger partial charge in [0, 0.05) is 29.9 Å². The molecule has 0 saturated carbocycles. The molecule has 0 aliphatic carbocycles. The van der Waals surface area contributed by atoms with Crippen LogP contribution in [0, 0.1) is 0 Å². The predicted molar refractivity (Wildman–Crippen MR) is 60.8 cm³/mol. The SMILES string of the molecule is C=C(C=O)/C(=C\C(=C)N1CCOCC1)C(F)F. The van der Waals surface area contributed by atoms with Crippen molar-refractivity contribution < 1.29 is 18.3 Å². The minimum Gasteiger partial charge on any atom is -0.378 e. The highest BCUT2D eigenvalue weighted by Gasteiger charge is 2.17. The van der Waals surface area contributed by atoms with Crippen LogP contribution in [0.2, 0.25) is 0 Å². The lowest BCUT2D eigenvalue weighted by Gasteiger charge is -2.29. The monoisotopic (exact) mass is 243 g/mol. The van der Waals surface area contributed by atoms with E-state index in [1.807, 2.05) is 4.90 Å². The highest BCUT2D eigenvalue weighted by Crippen LogP contribution is 2.19. The zero-order chi connectivity index (χ0) is 12.8. The first kappa shape index (κ1) is 13.6. The zero-order valence-electron chi connectivity index (χ0n) is 9.49. The Hall–Kier alpha value is -1.49. The molecule has 0 atom stereocenters. The van der Waals surface area contributed by atoms with Crippen LogP contribution in [0.25, 0.3) is 0 Å². The molecule has 5 heteroatoms. The summed E-state index contributed by atoms with van der Waals surface area (Å²) in [6.45, 7) is 9.33. The van der Waals surface area contributed by atoms with E-state index in [4.69, 9.17) is 4.74 Å². The summed E-state index contributed by atoms with van der Waals surface area (Å²) in [6.07, 6.45) is -1.19. The fraction of sp³-hybridized carbons (Fsp3) is 0.417. The molecule has 0 aromatic rings. The van der Waals surface area contributed by atoms with E-state index in [1.165, 1.54) is 6.08 Å².